The predicted octanol–water partition coefficient (Wildman–Crippen LogP) is 2.40. The summed E-state index contributed by atoms with van der Waals surface area (Å²) in [5.41, 5.74) is 13.1. The fourth-order valence-electron chi connectivity index (χ4n) is 1.10. The van der Waals surface area contributed by atoms with Gasteiger partial charge in [-0.2, -0.15) is 6.41 Å². The van der Waals surface area contributed by atoms with Crippen LogP contribution in [-0.4, -0.2) is 18.1 Å². The van der Waals surface area contributed by atoms with E-state index in [2.05, 4.69) is 10.1 Å². The van der Waals surface area contributed by atoms with Crippen molar-refractivity contribution in [3.05, 3.63) is 35.6 Å². The number of para-hydroxylation sites is 1. The van der Waals surface area contributed by atoms with Crippen LogP contribution < -0.4 is 11.1 Å². The van der Waals surface area contributed by atoms with Crippen LogP contribution in [0.2, 0.25) is 0 Å². The number of nitrogens with two attached hydrogens (primary N) is 1. The van der Waals surface area contributed by atoms with Crippen LogP contribution in [-0.2, 0) is 37.1 Å². The summed E-state index contributed by atoms with van der Waals surface area (Å²) in [5.74, 6) is 0. The monoisotopic (exact) mass is 449 g/mol. The smallest absolute Gasteiger partial charge is 0.632 e. The van der Waals surface area contributed by atoms with Crippen LogP contribution in [0.5, 0.6) is 0 Å². The van der Waals surface area contributed by atoms with E-state index < -0.39 is 11.7 Å². The molecule has 0 fully saturated rings. The first-order chi connectivity index (χ1) is 8.76. The Labute approximate surface area is 133 Å². The summed E-state index contributed by atoms with van der Waals surface area (Å²) in [5, 5.41) is 2.42. The predicted molar refractivity (Wildman–Crippen MR) is 73.9 cm³/mol. The Bertz CT molecular complexity index is 420. The van der Waals surface area contributed by atoms with Gasteiger partial charge in [0.2, 0.25) is 6.09 Å². The molecule has 2 amide bonds. The second-order valence-corrected chi connectivity index (χ2v) is 4.66. The molecule has 0 unspecified atom stereocenters. The SMILES string of the molecule is CC(C)(C)OC([NH-])=O.Nc1ccccc1CN[C-]=O.[W+2]. The van der Waals surface area contributed by atoms with Gasteiger partial charge in [0.25, 0.3) is 0 Å². The van der Waals surface area contributed by atoms with Crippen molar-refractivity contribution in [2.75, 3.05) is 5.73 Å². The molecule has 0 radical (unpaired) electrons. The maximum atomic E-state index is 9.90. The first-order valence-corrected chi connectivity index (χ1v) is 5.64. The third-order valence-electron chi connectivity index (χ3n) is 1.80. The van der Waals surface area contributed by atoms with E-state index in [1.165, 1.54) is 0 Å². The number of rotatable bonds is 3. The van der Waals surface area contributed by atoms with Crippen molar-refractivity contribution in [1.29, 1.82) is 0 Å². The molecule has 0 bridgehead atoms. The van der Waals surface area contributed by atoms with E-state index >= 15 is 0 Å². The summed E-state index contributed by atoms with van der Waals surface area (Å²) >= 11 is 0. The van der Waals surface area contributed by atoms with Gasteiger partial charge in [0.1, 0.15) is 5.60 Å². The molecule has 6 nitrogen and oxygen atoms in total. The Balaban J connectivity index is 0. The van der Waals surface area contributed by atoms with Crippen molar-refractivity contribution in [2.24, 2.45) is 0 Å². The van der Waals surface area contributed by atoms with Gasteiger partial charge in [-0.15, -0.1) is 0 Å². The molecular formula is C13H19N3O3W. The van der Waals surface area contributed by atoms with Crippen LogP contribution in [0, 0.1) is 0 Å². The average molecular weight is 449 g/mol. The first-order valence-electron chi connectivity index (χ1n) is 5.64. The van der Waals surface area contributed by atoms with Gasteiger partial charge in [0, 0.05) is 12.2 Å². The third kappa shape index (κ3) is 11.5. The molecule has 0 heterocycles. The Kier molecular flexibility index (Phi) is 10.7. The van der Waals surface area contributed by atoms with Crippen LogP contribution in [0.25, 0.3) is 5.73 Å². The summed E-state index contributed by atoms with van der Waals surface area (Å²) in [7, 11) is 0. The molecule has 1 aromatic carbocycles. The van der Waals surface area contributed by atoms with E-state index in [-0.39, 0.29) is 21.1 Å². The van der Waals surface area contributed by atoms with Crippen molar-refractivity contribution in [2.45, 2.75) is 32.9 Å². The molecule has 0 aliphatic heterocycles. The molecule has 1 rings (SSSR count). The molecular weight excluding hydrogens is 430 g/mol. The second-order valence-electron chi connectivity index (χ2n) is 4.66. The Morgan fingerprint density at radius 1 is 1.40 bits per heavy atom. The molecule has 7 heteroatoms. The molecule has 0 aliphatic rings. The number of nitrogens with one attached hydrogen (secondary N) is 2. The number of anilines is 1. The summed E-state index contributed by atoms with van der Waals surface area (Å²) in [4.78, 5) is 19.7. The third-order valence-corrected chi connectivity index (χ3v) is 1.80. The van der Waals surface area contributed by atoms with Crippen LogP contribution in [0.1, 0.15) is 26.3 Å². The summed E-state index contributed by atoms with van der Waals surface area (Å²) in [6.07, 6.45) is 0.613. The largest absolute Gasteiger partial charge is 2.00 e. The van der Waals surface area contributed by atoms with Gasteiger partial charge in [0.05, 0.1) is 0 Å². The zero-order chi connectivity index (χ0) is 14.9. The van der Waals surface area contributed by atoms with Crippen molar-refractivity contribution in [3.63, 3.8) is 0 Å². The van der Waals surface area contributed by atoms with E-state index in [0.29, 0.717) is 12.2 Å². The van der Waals surface area contributed by atoms with Crippen LogP contribution in [0.15, 0.2) is 24.3 Å². The van der Waals surface area contributed by atoms with Crippen molar-refractivity contribution in [3.8, 4) is 0 Å². The van der Waals surface area contributed by atoms with E-state index in [0.717, 1.165) is 5.56 Å². The zero-order valence-electron chi connectivity index (χ0n) is 11.7. The van der Waals surface area contributed by atoms with Gasteiger partial charge in [0.15, 0.2) is 0 Å². The summed E-state index contributed by atoms with van der Waals surface area (Å²) in [6, 6.07) is 7.38. The van der Waals surface area contributed by atoms with Gasteiger partial charge < -0.3 is 26.3 Å². The number of carbonyl (C=O) groups excluding carboxylic acids is 2. The normalized spacial score (nSPS) is 9.35. The maximum absolute atomic E-state index is 9.90. The average Bonchev–Trinajstić information content (AvgIpc) is 2.25. The van der Waals surface area contributed by atoms with E-state index in [1.807, 2.05) is 18.2 Å². The summed E-state index contributed by atoms with van der Waals surface area (Å²) < 4.78 is 4.47. The minimum atomic E-state index is -0.975. The number of ether oxygens (including phenoxy) is 1. The summed E-state index contributed by atoms with van der Waals surface area (Å²) in [6.45, 7) is 5.61. The van der Waals surface area contributed by atoms with Crippen molar-refractivity contribution >= 4 is 18.2 Å². The van der Waals surface area contributed by atoms with E-state index in [9.17, 15) is 9.59 Å². The molecule has 1 aromatic rings. The Hall–Kier alpha value is -1.55. The molecule has 0 aromatic heterocycles. The number of benzene rings is 1. The molecule has 110 valence electrons. The van der Waals surface area contributed by atoms with Gasteiger partial charge in [-0.3, -0.25) is 4.79 Å². The molecule has 0 spiro atoms. The molecule has 20 heavy (non-hydrogen) atoms. The topological polar surface area (TPSA) is 105 Å². The van der Waals surface area contributed by atoms with Crippen LogP contribution >= 0.6 is 0 Å². The Morgan fingerprint density at radius 2 is 1.95 bits per heavy atom. The second kappa shape index (κ2) is 10.3. The van der Waals surface area contributed by atoms with Crippen molar-refractivity contribution < 1.29 is 35.4 Å². The molecule has 0 aliphatic carbocycles. The van der Waals surface area contributed by atoms with Crippen molar-refractivity contribution in [1.82, 2.24) is 5.32 Å². The zero-order valence-corrected chi connectivity index (χ0v) is 14.7. The van der Waals surface area contributed by atoms with Crippen LogP contribution in [0.4, 0.5) is 10.5 Å². The number of hydrogen-bond acceptors (Lipinski definition) is 4. The Morgan fingerprint density at radius 3 is 2.30 bits per heavy atom. The van der Waals surface area contributed by atoms with Gasteiger partial charge >= 0.3 is 21.1 Å². The van der Waals surface area contributed by atoms with E-state index in [4.69, 9.17) is 11.5 Å². The molecule has 0 saturated carbocycles. The number of nitrogen functional groups attached to an aromatic ring is 1. The van der Waals surface area contributed by atoms with Crippen LogP contribution in [0.3, 0.4) is 0 Å². The van der Waals surface area contributed by atoms with Gasteiger partial charge in [-0.25, -0.2) is 0 Å². The van der Waals surface area contributed by atoms with E-state index in [1.54, 1.807) is 33.2 Å². The number of carbonyl (C=O) groups is 1. The minimum absolute atomic E-state index is 0. The fourth-order valence-corrected chi connectivity index (χ4v) is 1.10. The van der Waals surface area contributed by atoms with Gasteiger partial charge in [-0.05, 0) is 32.4 Å². The van der Waals surface area contributed by atoms with Gasteiger partial charge in [-0.1, -0.05) is 18.2 Å². The molecule has 4 N–H and O–H groups in total. The molecule has 0 saturated heterocycles. The quantitative estimate of drug-likeness (QED) is 0.420. The molecule has 0 atom stereocenters. The fraction of sp³-hybridized carbons (Fsp3) is 0.385. The standard InChI is InChI=1S/C8H9N2O.C5H11NO2.W/c9-8-4-2-1-3-7(8)5-10-6-11;1-5(2,3)8-4(6)7;/h1-4H,5,9H2,(H,10,11);1-3H3,(H2,6,7);/q-1;;+2/p-1. The maximum Gasteiger partial charge on any atom is 2.00 e. The first kappa shape index (κ1) is 20.8. The number of hydrogen-bond donors (Lipinski definition) is 2. The number of amides is 2. The minimum Gasteiger partial charge on any atom is -0.632 e.